The lowest BCUT2D eigenvalue weighted by molar-refractivity contribution is -0.206. The van der Waals surface area contributed by atoms with Crippen LogP contribution in [-0.2, 0) is 0 Å². The summed E-state index contributed by atoms with van der Waals surface area (Å²) in [4.78, 5) is 0. The molecule has 0 heterocycles. The Morgan fingerprint density at radius 2 is 1.78 bits per heavy atom. The first-order valence-electron chi connectivity index (χ1n) is 2.61. The molecule has 0 atom stereocenters. The maximum absolute atomic E-state index is 10.6. The second kappa shape index (κ2) is 2.77. The Balaban J connectivity index is 2.98. The van der Waals surface area contributed by atoms with Gasteiger partial charge in [-0.25, -0.2) is 0 Å². The van der Waals surface area contributed by atoms with Crippen molar-refractivity contribution in [2.75, 3.05) is 0 Å². The highest BCUT2D eigenvalue weighted by Gasteiger charge is 1.80. The summed E-state index contributed by atoms with van der Waals surface area (Å²) in [6, 6.07) is 9.05. The quantitative estimate of drug-likeness (QED) is 0.521. The number of rotatable bonds is 1. The van der Waals surface area contributed by atoms with E-state index in [9.17, 15) is 5.11 Å². The molecule has 1 aromatic rings. The third-order valence-corrected chi connectivity index (χ3v) is 1.32. The molecular formula is C7H6OP-. The lowest BCUT2D eigenvalue weighted by atomic mass is 10.2. The molecule has 0 aliphatic rings. The minimum absolute atomic E-state index is 0.0735. The molecule has 0 aromatic heterocycles. The van der Waals surface area contributed by atoms with Crippen molar-refractivity contribution in [3.8, 4) is 0 Å². The first-order valence-corrected chi connectivity index (χ1v) is 3.11. The van der Waals surface area contributed by atoms with E-state index in [-0.39, 0.29) is 5.48 Å². The fraction of sp³-hybridized carbons (Fsp3) is 0. The van der Waals surface area contributed by atoms with Gasteiger partial charge < -0.3 is 5.11 Å². The highest BCUT2D eigenvalue weighted by molar-refractivity contribution is 7.20. The van der Waals surface area contributed by atoms with E-state index >= 15 is 0 Å². The van der Waals surface area contributed by atoms with E-state index < -0.39 is 0 Å². The molecule has 0 spiro atoms. The second-order valence-electron chi connectivity index (χ2n) is 1.70. The number of hydrogen-bond acceptors (Lipinski definition) is 1. The zero-order valence-corrected chi connectivity index (χ0v) is 5.79. The van der Waals surface area contributed by atoms with Crippen molar-refractivity contribution in [2.24, 2.45) is 0 Å². The molecule has 0 N–H and O–H groups in total. The molecule has 0 radical (unpaired) electrons. The summed E-state index contributed by atoms with van der Waals surface area (Å²) in [7, 11) is 2.89. The highest BCUT2D eigenvalue weighted by Crippen LogP contribution is 1.96. The molecule has 2 heteroatoms. The summed E-state index contributed by atoms with van der Waals surface area (Å²) in [6.07, 6.45) is 0. The van der Waals surface area contributed by atoms with Crippen LogP contribution in [-0.4, -0.2) is 5.48 Å². The van der Waals surface area contributed by atoms with Crippen LogP contribution in [0.2, 0.25) is 0 Å². The normalized spacial score (nSPS) is 9.00. The molecule has 0 unspecified atom stereocenters. The summed E-state index contributed by atoms with van der Waals surface area (Å²) in [5.74, 6) is 0. The standard InChI is InChI=1S/C7H7OP/c8-7(9)6-4-2-1-3-5-6/h1-5,8-9H/p-1. The van der Waals surface area contributed by atoms with Crippen LogP contribution in [0.25, 0.3) is 0 Å². The summed E-state index contributed by atoms with van der Waals surface area (Å²) in [5, 5.41) is 10.6. The maximum Gasteiger partial charge on any atom is -0.0349 e. The largest absolute Gasteiger partial charge is 0.824 e. The predicted octanol–water partition coefficient (Wildman–Crippen LogP) is 0.668. The summed E-state index contributed by atoms with van der Waals surface area (Å²) >= 11 is 0. The van der Waals surface area contributed by atoms with Crippen molar-refractivity contribution in [3.05, 3.63) is 35.9 Å². The Bertz CT molecular complexity index is 205. The van der Waals surface area contributed by atoms with Crippen LogP contribution in [0.15, 0.2) is 30.3 Å². The molecule has 0 saturated carbocycles. The monoisotopic (exact) mass is 137 g/mol. The Labute approximate surface area is 56.2 Å². The summed E-state index contributed by atoms with van der Waals surface area (Å²) < 4.78 is 0. The van der Waals surface area contributed by atoms with E-state index in [0.717, 1.165) is 0 Å². The fourth-order valence-electron chi connectivity index (χ4n) is 0.590. The van der Waals surface area contributed by atoms with Gasteiger partial charge in [0.15, 0.2) is 0 Å². The van der Waals surface area contributed by atoms with E-state index in [1.54, 1.807) is 12.1 Å². The lowest BCUT2D eigenvalue weighted by Crippen LogP contribution is -2.14. The Morgan fingerprint density at radius 1 is 1.22 bits per heavy atom. The molecule has 0 saturated heterocycles. The molecule has 1 rings (SSSR count). The highest BCUT2D eigenvalue weighted by atomic mass is 31.0. The van der Waals surface area contributed by atoms with Crippen LogP contribution in [0.3, 0.4) is 0 Å². The minimum Gasteiger partial charge on any atom is -0.824 e. The summed E-state index contributed by atoms with van der Waals surface area (Å²) in [6.45, 7) is 0. The van der Waals surface area contributed by atoms with Crippen molar-refractivity contribution in [3.63, 3.8) is 0 Å². The van der Waals surface area contributed by atoms with Gasteiger partial charge in [-0.1, -0.05) is 30.3 Å². The molecule has 9 heavy (non-hydrogen) atoms. The Morgan fingerprint density at radius 3 is 2.11 bits per heavy atom. The second-order valence-corrected chi connectivity index (χ2v) is 2.15. The molecule has 0 amide bonds. The van der Waals surface area contributed by atoms with Gasteiger partial charge in [0, 0.05) is 0 Å². The zero-order valence-electron chi connectivity index (χ0n) is 4.79. The van der Waals surface area contributed by atoms with Gasteiger partial charge in [-0.3, -0.25) is 0 Å². The first-order chi connectivity index (χ1) is 4.30. The number of benzene rings is 1. The number of hydrogen-bond donors (Lipinski definition) is 0. The van der Waals surface area contributed by atoms with Gasteiger partial charge in [0.05, 0.1) is 0 Å². The molecule has 0 aliphatic carbocycles. The van der Waals surface area contributed by atoms with Crippen LogP contribution in [0.1, 0.15) is 5.56 Å². The summed E-state index contributed by atoms with van der Waals surface area (Å²) in [5.41, 5.74) is 0.616. The van der Waals surface area contributed by atoms with Gasteiger partial charge in [-0.2, -0.15) is 0 Å². The minimum atomic E-state index is -0.0735. The average molecular weight is 137 g/mol. The van der Waals surface area contributed by atoms with Gasteiger partial charge in [0.1, 0.15) is 0 Å². The van der Waals surface area contributed by atoms with E-state index in [2.05, 4.69) is 8.86 Å². The third kappa shape index (κ3) is 1.63. The van der Waals surface area contributed by atoms with Gasteiger partial charge in [-0.15, -0.1) is 14.3 Å². The molecule has 0 bridgehead atoms. The molecule has 1 aromatic carbocycles. The molecule has 0 fully saturated rings. The van der Waals surface area contributed by atoms with E-state index in [1.807, 2.05) is 18.2 Å². The van der Waals surface area contributed by atoms with Gasteiger partial charge in [0.25, 0.3) is 0 Å². The maximum atomic E-state index is 10.6. The van der Waals surface area contributed by atoms with Crippen molar-refractivity contribution >= 4 is 14.3 Å². The van der Waals surface area contributed by atoms with E-state index in [0.29, 0.717) is 5.56 Å². The Hall–Kier alpha value is -0.650. The molecule has 46 valence electrons. The molecule has 0 aliphatic heterocycles. The fourth-order valence-corrected chi connectivity index (χ4v) is 0.756. The van der Waals surface area contributed by atoms with Crippen LogP contribution >= 0.6 is 8.86 Å². The molecule has 1 nitrogen and oxygen atoms in total. The van der Waals surface area contributed by atoms with Crippen molar-refractivity contribution in [1.82, 2.24) is 0 Å². The van der Waals surface area contributed by atoms with Crippen molar-refractivity contribution < 1.29 is 5.11 Å². The zero-order chi connectivity index (χ0) is 6.69. The van der Waals surface area contributed by atoms with Crippen LogP contribution in [0.4, 0.5) is 0 Å². The van der Waals surface area contributed by atoms with Gasteiger partial charge in [0.2, 0.25) is 0 Å². The first kappa shape index (κ1) is 6.47. The van der Waals surface area contributed by atoms with Crippen molar-refractivity contribution in [2.45, 2.75) is 0 Å². The third-order valence-electron chi connectivity index (χ3n) is 1.04. The average Bonchev–Trinajstić information content (AvgIpc) is 1.90. The predicted molar refractivity (Wildman–Crippen MR) is 38.9 cm³/mol. The topological polar surface area (TPSA) is 23.1 Å². The van der Waals surface area contributed by atoms with Gasteiger partial charge >= 0.3 is 0 Å². The van der Waals surface area contributed by atoms with Crippen LogP contribution in [0.5, 0.6) is 0 Å². The van der Waals surface area contributed by atoms with E-state index in [4.69, 9.17) is 0 Å². The molecular weight excluding hydrogens is 131 g/mol. The van der Waals surface area contributed by atoms with Crippen molar-refractivity contribution in [1.29, 1.82) is 0 Å². The Kier molecular flexibility index (Phi) is 1.99. The SMILES string of the molecule is [O-]C(=P)c1ccccc1. The lowest BCUT2D eigenvalue weighted by Gasteiger charge is -2.06. The van der Waals surface area contributed by atoms with E-state index in [1.165, 1.54) is 0 Å². The van der Waals surface area contributed by atoms with Crippen LogP contribution < -0.4 is 5.11 Å². The van der Waals surface area contributed by atoms with Gasteiger partial charge in [-0.05, 0) is 5.56 Å². The smallest absolute Gasteiger partial charge is 0.0349 e. The van der Waals surface area contributed by atoms with Crippen LogP contribution in [0, 0.1) is 0 Å².